The number of rotatable bonds is 10. The van der Waals surface area contributed by atoms with Crippen LogP contribution in [0.1, 0.15) is 54.9 Å². The predicted octanol–water partition coefficient (Wildman–Crippen LogP) is 5.56. The number of esters is 1. The van der Waals surface area contributed by atoms with Crippen molar-refractivity contribution in [2.75, 3.05) is 12.4 Å². The van der Waals surface area contributed by atoms with Gasteiger partial charge >= 0.3 is 5.97 Å². The van der Waals surface area contributed by atoms with E-state index >= 15 is 0 Å². The molecule has 0 bridgehead atoms. The second kappa shape index (κ2) is 11.8. The smallest absolute Gasteiger partial charge is 0.316 e. The number of benzene rings is 2. The molecule has 8 heteroatoms. The fourth-order valence-electron chi connectivity index (χ4n) is 4.11. The van der Waals surface area contributed by atoms with E-state index in [1.165, 1.54) is 11.8 Å². The summed E-state index contributed by atoms with van der Waals surface area (Å²) in [6.45, 7) is 6.25. The molecular formula is C28H29N5O2S. The monoisotopic (exact) mass is 499 g/mol. The first-order chi connectivity index (χ1) is 17.5. The number of ether oxygens (including phenoxy) is 1. The molecule has 0 radical (unpaired) electrons. The van der Waals surface area contributed by atoms with Crippen LogP contribution in [0.15, 0.2) is 53.7 Å². The zero-order valence-electron chi connectivity index (χ0n) is 20.8. The molecule has 0 atom stereocenters. The number of nitriles is 1. The van der Waals surface area contributed by atoms with Crippen molar-refractivity contribution in [2.45, 2.75) is 51.6 Å². The summed E-state index contributed by atoms with van der Waals surface area (Å²) >= 11 is 1.27. The van der Waals surface area contributed by atoms with Gasteiger partial charge in [0.05, 0.1) is 24.0 Å². The summed E-state index contributed by atoms with van der Waals surface area (Å²) in [5.41, 5.74) is 6.59. The molecule has 184 valence electrons. The number of fused-ring (bicyclic) bond motifs is 1. The van der Waals surface area contributed by atoms with Crippen LogP contribution < -0.4 is 0 Å². The van der Waals surface area contributed by atoms with E-state index in [9.17, 15) is 10.1 Å². The summed E-state index contributed by atoms with van der Waals surface area (Å²) in [6, 6.07) is 18.2. The minimum absolute atomic E-state index is 0.168. The Hall–Kier alpha value is -3.70. The maximum atomic E-state index is 11.8. The number of carbonyl (C=O) groups is 1. The highest BCUT2D eigenvalue weighted by Gasteiger charge is 2.18. The van der Waals surface area contributed by atoms with Crippen LogP contribution in [0.3, 0.4) is 0 Å². The van der Waals surface area contributed by atoms with Gasteiger partial charge in [-0.3, -0.25) is 4.79 Å². The molecule has 2 aromatic heterocycles. The molecule has 0 saturated carbocycles. The van der Waals surface area contributed by atoms with E-state index in [4.69, 9.17) is 14.7 Å². The van der Waals surface area contributed by atoms with E-state index in [0.717, 1.165) is 58.7 Å². The lowest BCUT2D eigenvalue weighted by molar-refractivity contribution is -0.139. The Labute approximate surface area is 215 Å². The van der Waals surface area contributed by atoms with Crippen molar-refractivity contribution in [2.24, 2.45) is 0 Å². The second-order valence-electron chi connectivity index (χ2n) is 8.44. The van der Waals surface area contributed by atoms with Gasteiger partial charge in [0.25, 0.3) is 0 Å². The molecule has 2 aromatic carbocycles. The SMILES string of the molecule is CCCCc1nc(C)n2nc(SCC(=O)OCC)nc2c1Cc1ccc(-c2ccccc2C#N)cc1. The second-order valence-corrected chi connectivity index (χ2v) is 9.38. The lowest BCUT2D eigenvalue weighted by Gasteiger charge is -2.12. The Morgan fingerprint density at radius 1 is 1.11 bits per heavy atom. The van der Waals surface area contributed by atoms with Gasteiger partial charge in [-0.15, -0.1) is 5.10 Å². The Kier molecular flexibility index (Phi) is 8.34. The van der Waals surface area contributed by atoms with Gasteiger partial charge in [-0.05, 0) is 49.4 Å². The summed E-state index contributed by atoms with van der Waals surface area (Å²) in [5.74, 6) is 0.665. The normalized spacial score (nSPS) is 10.9. The minimum atomic E-state index is -0.280. The molecule has 4 aromatic rings. The zero-order valence-corrected chi connectivity index (χ0v) is 21.6. The first kappa shape index (κ1) is 25.4. The van der Waals surface area contributed by atoms with E-state index in [0.29, 0.717) is 23.7 Å². The number of carbonyl (C=O) groups excluding carboxylic acids is 1. The van der Waals surface area contributed by atoms with E-state index < -0.39 is 0 Å². The molecule has 0 spiro atoms. The van der Waals surface area contributed by atoms with Crippen LogP contribution in [-0.4, -0.2) is 37.9 Å². The van der Waals surface area contributed by atoms with Gasteiger partial charge in [0.1, 0.15) is 5.82 Å². The first-order valence-corrected chi connectivity index (χ1v) is 13.1. The van der Waals surface area contributed by atoms with Crippen LogP contribution in [0.5, 0.6) is 0 Å². The number of hydrogen-bond donors (Lipinski definition) is 0. The third-order valence-corrected chi connectivity index (χ3v) is 6.71. The zero-order chi connectivity index (χ0) is 25.5. The number of aryl methyl sites for hydroxylation is 2. The van der Waals surface area contributed by atoms with Gasteiger partial charge in [-0.2, -0.15) is 9.78 Å². The molecular weight excluding hydrogens is 470 g/mol. The van der Waals surface area contributed by atoms with E-state index in [2.05, 4.69) is 42.4 Å². The predicted molar refractivity (Wildman–Crippen MR) is 141 cm³/mol. The summed E-state index contributed by atoms with van der Waals surface area (Å²) < 4.78 is 6.80. The van der Waals surface area contributed by atoms with Crippen LogP contribution >= 0.6 is 11.8 Å². The average Bonchev–Trinajstić information content (AvgIpc) is 3.34. The van der Waals surface area contributed by atoms with Gasteiger partial charge in [-0.1, -0.05) is 67.6 Å². The van der Waals surface area contributed by atoms with Crippen LogP contribution in [0.25, 0.3) is 16.8 Å². The molecule has 0 amide bonds. The molecule has 4 rings (SSSR count). The highest BCUT2D eigenvalue weighted by atomic mass is 32.2. The van der Waals surface area contributed by atoms with Gasteiger partial charge in [0.15, 0.2) is 5.65 Å². The molecule has 2 heterocycles. The third kappa shape index (κ3) is 5.74. The van der Waals surface area contributed by atoms with Crippen LogP contribution in [-0.2, 0) is 22.4 Å². The van der Waals surface area contributed by atoms with Crippen LogP contribution in [0.2, 0.25) is 0 Å². The summed E-state index contributed by atoms with van der Waals surface area (Å²) in [6.07, 6.45) is 3.65. The lowest BCUT2D eigenvalue weighted by Crippen LogP contribution is -2.08. The standard InChI is InChI=1S/C28H29N5O2S/c1-4-6-11-25-24(16-20-12-14-21(15-13-20)23-10-8-7-9-22(23)17-29)27-31-28(32-33(27)19(3)30-25)36-18-26(34)35-5-2/h7-10,12-15H,4-6,11,16,18H2,1-3H3. The van der Waals surface area contributed by atoms with Crippen molar-refractivity contribution in [1.82, 2.24) is 19.6 Å². The first-order valence-electron chi connectivity index (χ1n) is 12.2. The Bertz CT molecular complexity index is 1410. The summed E-state index contributed by atoms with van der Waals surface area (Å²) in [5, 5.41) is 14.6. The van der Waals surface area contributed by atoms with E-state index in [1.54, 1.807) is 11.4 Å². The number of hydrogen-bond acceptors (Lipinski definition) is 7. The lowest BCUT2D eigenvalue weighted by atomic mass is 9.96. The maximum absolute atomic E-state index is 11.8. The number of thioether (sulfide) groups is 1. The summed E-state index contributed by atoms with van der Waals surface area (Å²) in [7, 11) is 0. The highest BCUT2D eigenvalue weighted by molar-refractivity contribution is 7.99. The Balaban J connectivity index is 1.67. The highest BCUT2D eigenvalue weighted by Crippen LogP contribution is 2.27. The Morgan fingerprint density at radius 2 is 1.89 bits per heavy atom. The van der Waals surface area contributed by atoms with Crippen molar-refractivity contribution in [3.63, 3.8) is 0 Å². The number of aromatic nitrogens is 4. The van der Waals surface area contributed by atoms with Crippen molar-refractivity contribution in [3.8, 4) is 17.2 Å². The number of nitrogens with zero attached hydrogens (tertiary/aromatic N) is 5. The van der Waals surface area contributed by atoms with Gasteiger partial charge in [0, 0.05) is 17.7 Å². The quantitative estimate of drug-likeness (QED) is 0.208. The third-order valence-electron chi connectivity index (χ3n) is 5.89. The molecule has 7 nitrogen and oxygen atoms in total. The average molecular weight is 500 g/mol. The molecule has 0 N–H and O–H groups in total. The van der Waals surface area contributed by atoms with Gasteiger partial charge in [-0.25, -0.2) is 9.97 Å². The van der Waals surface area contributed by atoms with Crippen molar-refractivity contribution >= 4 is 23.4 Å². The molecule has 0 unspecified atom stereocenters. The van der Waals surface area contributed by atoms with Crippen molar-refractivity contribution < 1.29 is 9.53 Å². The molecule has 0 aliphatic rings. The topological polar surface area (TPSA) is 93.2 Å². The van der Waals surface area contributed by atoms with Crippen molar-refractivity contribution in [3.05, 3.63) is 76.7 Å². The minimum Gasteiger partial charge on any atom is -0.465 e. The summed E-state index contributed by atoms with van der Waals surface area (Å²) in [4.78, 5) is 21.5. The van der Waals surface area contributed by atoms with Crippen LogP contribution in [0, 0.1) is 18.3 Å². The van der Waals surface area contributed by atoms with Gasteiger partial charge < -0.3 is 4.74 Å². The van der Waals surface area contributed by atoms with Crippen LogP contribution in [0.4, 0.5) is 0 Å². The molecule has 36 heavy (non-hydrogen) atoms. The fourth-order valence-corrected chi connectivity index (χ4v) is 4.73. The Morgan fingerprint density at radius 3 is 2.61 bits per heavy atom. The molecule has 0 aliphatic carbocycles. The number of unbranched alkanes of at least 4 members (excludes halogenated alkanes) is 1. The maximum Gasteiger partial charge on any atom is 0.316 e. The molecule has 0 fully saturated rings. The van der Waals surface area contributed by atoms with Gasteiger partial charge in [0.2, 0.25) is 5.16 Å². The largest absolute Gasteiger partial charge is 0.465 e. The molecule has 0 aliphatic heterocycles. The fraction of sp³-hybridized carbons (Fsp3) is 0.321. The van der Waals surface area contributed by atoms with Crippen molar-refractivity contribution in [1.29, 1.82) is 5.26 Å². The molecule has 0 saturated heterocycles. The van der Waals surface area contributed by atoms with E-state index in [-0.39, 0.29) is 11.7 Å². The van der Waals surface area contributed by atoms with E-state index in [1.807, 2.05) is 31.2 Å².